The van der Waals surface area contributed by atoms with Gasteiger partial charge >= 0.3 is 6.18 Å². The molecule has 0 atom stereocenters. The van der Waals surface area contributed by atoms with Gasteiger partial charge in [-0.15, -0.1) is 0 Å². The van der Waals surface area contributed by atoms with Crippen LogP contribution in [0.4, 0.5) is 24.8 Å². The van der Waals surface area contributed by atoms with Gasteiger partial charge in [0.2, 0.25) is 0 Å². The molecule has 1 aromatic rings. The number of ether oxygens (including phenoxy) is 1. The van der Waals surface area contributed by atoms with Gasteiger partial charge in [-0.3, -0.25) is 0 Å². The number of anilines is 2. The summed E-state index contributed by atoms with van der Waals surface area (Å²) in [7, 11) is 0. The maximum absolute atomic E-state index is 12.7. The highest BCUT2D eigenvalue weighted by Gasteiger charge is 2.35. The summed E-state index contributed by atoms with van der Waals surface area (Å²) >= 11 is 0. The fraction of sp³-hybridized carbons (Fsp3) is 0.583. The molecule has 0 amide bonds. The summed E-state index contributed by atoms with van der Waals surface area (Å²) in [6, 6.07) is 1.67. The standard InChI is InChI=1S/C12H16F3N3O2/c13-12(14,15)8-5-9(16)17-10(6-8)18-11(7-19)1-3-20-4-2-11/h5-6,19H,1-4,7H2,(H3,16,17,18). The van der Waals surface area contributed by atoms with Crippen LogP contribution in [0.5, 0.6) is 0 Å². The fourth-order valence-electron chi connectivity index (χ4n) is 2.14. The molecule has 1 aliphatic rings. The van der Waals surface area contributed by atoms with Crippen molar-refractivity contribution in [2.75, 3.05) is 30.9 Å². The number of nitrogen functional groups attached to an aromatic ring is 1. The summed E-state index contributed by atoms with van der Waals surface area (Å²) in [5.41, 5.74) is 3.82. The highest BCUT2D eigenvalue weighted by Crippen LogP contribution is 2.33. The molecule has 0 aliphatic carbocycles. The lowest BCUT2D eigenvalue weighted by Gasteiger charge is -2.36. The first-order chi connectivity index (χ1) is 9.35. The first-order valence-electron chi connectivity index (χ1n) is 6.16. The van der Waals surface area contributed by atoms with Crippen LogP contribution >= 0.6 is 0 Å². The highest BCUT2D eigenvalue weighted by atomic mass is 19.4. The van der Waals surface area contributed by atoms with Gasteiger partial charge in [-0.05, 0) is 25.0 Å². The van der Waals surface area contributed by atoms with Gasteiger partial charge in [0.25, 0.3) is 0 Å². The van der Waals surface area contributed by atoms with Crippen molar-refractivity contribution in [3.05, 3.63) is 17.7 Å². The maximum Gasteiger partial charge on any atom is 0.416 e. The molecule has 8 heteroatoms. The van der Waals surface area contributed by atoms with E-state index in [9.17, 15) is 18.3 Å². The Labute approximate surface area is 113 Å². The predicted octanol–water partition coefficient (Wildman–Crippen LogP) is 1.64. The Kier molecular flexibility index (Phi) is 4.05. The third kappa shape index (κ3) is 3.31. The molecule has 5 nitrogen and oxygen atoms in total. The summed E-state index contributed by atoms with van der Waals surface area (Å²) in [5, 5.41) is 12.4. The number of aromatic nitrogens is 1. The molecule has 0 radical (unpaired) electrons. The van der Waals surface area contributed by atoms with Gasteiger partial charge in [0, 0.05) is 13.2 Å². The normalized spacial score (nSPS) is 18.8. The van der Waals surface area contributed by atoms with Crippen molar-refractivity contribution < 1.29 is 23.0 Å². The number of aliphatic hydroxyl groups excluding tert-OH is 1. The molecular weight excluding hydrogens is 275 g/mol. The number of nitrogens with zero attached hydrogens (tertiary/aromatic N) is 1. The lowest BCUT2D eigenvalue weighted by atomic mass is 9.91. The molecule has 4 N–H and O–H groups in total. The third-order valence-corrected chi connectivity index (χ3v) is 3.32. The van der Waals surface area contributed by atoms with Gasteiger partial charge in [-0.2, -0.15) is 13.2 Å². The zero-order chi connectivity index (χ0) is 14.8. The molecule has 2 heterocycles. The summed E-state index contributed by atoms with van der Waals surface area (Å²) in [6.45, 7) is 0.651. The molecule has 0 saturated carbocycles. The minimum absolute atomic E-state index is 0.00766. The number of hydrogen-bond donors (Lipinski definition) is 3. The van der Waals surface area contributed by atoms with E-state index in [4.69, 9.17) is 10.5 Å². The number of hydrogen-bond acceptors (Lipinski definition) is 5. The van der Waals surface area contributed by atoms with E-state index < -0.39 is 17.3 Å². The third-order valence-electron chi connectivity index (χ3n) is 3.32. The first kappa shape index (κ1) is 14.9. The molecule has 112 valence electrons. The Morgan fingerprint density at radius 1 is 1.35 bits per heavy atom. The molecule has 2 rings (SSSR count). The van der Waals surface area contributed by atoms with Crippen LogP contribution in [0.3, 0.4) is 0 Å². The van der Waals surface area contributed by atoms with E-state index in [-0.39, 0.29) is 18.2 Å². The molecule has 1 aliphatic heterocycles. The topological polar surface area (TPSA) is 80.4 Å². The van der Waals surface area contributed by atoms with E-state index in [0.717, 1.165) is 12.1 Å². The van der Waals surface area contributed by atoms with Crippen LogP contribution in [0.1, 0.15) is 18.4 Å². The predicted molar refractivity (Wildman–Crippen MR) is 67.1 cm³/mol. The van der Waals surface area contributed by atoms with E-state index in [1.165, 1.54) is 0 Å². The van der Waals surface area contributed by atoms with Gasteiger partial charge < -0.3 is 20.9 Å². The number of aliphatic hydroxyl groups is 1. The Balaban J connectivity index is 2.26. The van der Waals surface area contributed by atoms with Crippen LogP contribution in [0.2, 0.25) is 0 Å². The number of nitrogens with two attached hydrogens (primary N) is 1. The van der Waals surface area contributed by atoms with Crippen LogP contribution in [0, 0.1) is 0 Å². The number of halogens is 3. The van der Waals surface area contributed by atoms with Crippen molar-refractivity contribution in [3.63, 3.8) is 0 Å². The molecule has 1 aromatic heterocycles. The average Bonchev–Trinajstić information content (AvgIpc) is 2.38. The minimum atomic E-state index is -4.49. The first-order valence-corrected chi connectivity index (χ1v) is 6.16. The van der Waals surface area contributed by atoms with E-state index >= 15 is 0 Å². The van der Waals surface area contributed by atoms with Gasteiger partial charge in [0.1, 0.15) is 11.6 Å². The van der Waals surface area contributed by atoms with Gasteiger partial charge in [-0.25, -0.2) is 4.98 Å². The Morgan fingerprint density at radius 2 is 2.00 bits per heavy atom. The average molecular weight is 291 g/mol. The molecule has 0 aromatic carbocycles. The van der Waals surface area contributed by atoms with Crippen molar-refractivity contribution in [2.24, 2.45) is 0 Å². The van der Waals surface area contributed by atoms with Crippen LogP contribution < -0.4 is 11.1 Å². The van der Waals surface area contributed by atoms with Crippen LogP contribution in [-0.4, -0.2) is 35.5 Å². The van der Waals surface area contributed by atoms with Crippen LogP contribution in [0.25, 0.3) is 0 Å². The van der Waals surface area contributed by atoms with Crippen molar-refractivity contribution in [2.45, 2.75) is 24.6 Å². The number of nitrogens with one attached hydrogen (secondary N) is 1. The van der Waals surface area contributed by atoms with Gasteiger partial charge in [0.15, 0.2) is 0 Å². The van der Waals surface area contributed by atoms with Crippen molar-refractivity contribution in [3.8, 4) is 0 Å². The molecule has 1 fully saturated rings. The van der Waals surface area contributed by atoms with E-state index in [0.29, 0.717) is 26.1 Å². The summed E-state index contributed by atoms with van der Waals surface area (Å²) < 4.78 is 43.4. The monoisotopic (exact) mass is 291 g/mol. The highest BCUT2D eigenvalue weighted by molar-refractivity contribution is 5.49. The summed E-state index contributed by atoms with van der Waals surface area (Å²) in [5.74, 6) is -0.212. The molecular formula is C12H16F3N3O2. The van der Waals surface area contributed by atoms with Crippen molar-refractivity contribution in [1.82, 2.24) is 4.98 Å². The Hall–Kier alpha value is -1.54. The number of rotatable bonds is 3. The van der Waals surface area contributed by atoms with E-state index in [2.05, 4.69) is 10.3 Å². The molecule has 0 unspecified atom stereocenters. The van der Waals surface area contributed by atoms with E-state index in [1.807, 2.05) is 0 Å². The second kappa shape index (κ2) is 5.45. The maximum atomic E-state index is 12.7. The molecule has 0 bridgehead atoms. The molecule has 20 heavy (non-hydrogen) atoms. The Bertz CT molecular complexity index is 474. The summed E-state index contributed by atoms with van der Waals surface area (Å²) in [4.78, 5) is 3.85. The Morgan fingerprint density at radius 3 is 2.55 bits per heavy atom. The van der Waals surface area contributed by atoms with Gasteiger partial charge in [0.05, 0.1) is 17.7 Å². The largest absolute Gasteiger partial charge is 0.416 e. The minimum Gasteiger partial charge on any atom is -0.394 e. The van der Waals surface area contributed by atoms with Gasteiger partial charge in [-0.1, -0.05) is 0 Å². The second-order valence-electron chi connectivity index (χ2n) is 4.84. The smallest absolute Gasteiger partial charge is 0.394 e. The zero-order valence-corrected chi connectivity index (χ0v) is 10.7. The SMILES string of the molecule is Nc1cc(C(F)(F)F)cc(NC2(CO)CCOCC2)n1. The summed E-state index contributed by atoms with van der Waals surface area (Å²) in [6.07, 6.45) is -3.52. The van der Waals surface area contributed by atoms with E-state index in [1.54, 1.807) is 0 Å². The number of alkyl halides is 3. The van der Waals surface area contributed by atoms with Crippen LogP contribution in [0.15, 0.2) is 12.1 Å². The lowest BCUT2D eigenvalue weighted by molar-refractivity contribution is -0.137. The zero-order valence-electron chi connectivity index (χ0n) is 10.7. The molecule has 1 saturated heterocycles. The molecule has 0 spiro atoms. The lowest BCUT2D eigenvalue weighted by Crippen LogP contribution is -2.47. The van der Waals surface area contributed by atoms with Crippen molar-refractivity contribution >= 4 is 11.6 Å². The van der Waals surface area contributed by atoms with Crippen LogP contribution in [-0.2, 0) is 10.9 Å². The number of pyridine rings is 1. The fourth-order valence-corrected chi connectivity index (χ4v) is 2.14. The second-order valence-corrected chi connectivity index (χ2v) is 4.84. The quantitative estimate of drug-likeness (QED) is 0.789. The van der Waals surface area contributed by atoms with Crippen molar-refractivity contribution in [1.29, 1.82) is 0 Å².